The normalized spacial score (nSPS) is 10.1. The Hall–Kier alpha value is -1.35. The Morgan fingerprint density at radius 3 is 2.75 bits per heavy atom. The number of carbonyl (C=O) groups is 1. The third-order valence-electron chi connectivity index (χ3n) is 2.30. The lowest BCUT2D eigenvalue weighted by molar-refractivity contribution is 0.0944. The molecule has 0 saturated carbocycles. The summed E-state index contributed by atoms with van der Waals surface area (Å²) < 4.78 is 10.3. The second-order valence-corrected chi connectivity index (χ2v) is 3.42. The van der Waals surface area contributed by atoms with Gasteiger partial charge in [0.05, 0.1) is 12.7 Å². The number of rotatable bonds is 7. The summed E-state index contributed by atoms with van der Waals surface area (Å²) in [5.41, 5.74) is 0.654. The monoisotopic (exact) mass is 222 g/mol. The molecule has 0 unspecified atom stereocenters. The van der Waals surface area contributed by atoms with Gasteiger partial charge in [0.25, 0.3) is 0 Å². The maximum absolute atomic E-state index is 11.9. The van der Waals surface area contributed by atoms with E-state index in [2.05, 4.69) is 0 Å². The number of hydrogen-bond acceptors (Lipinski definition) is 3. The van der Waals surface area contributed by atoms with E-state index in [0.29, 0.717) is 30.9 Å². The van der Waals surface area contributed by atoms with E-state index in [9.17, 15) is 4.79 Å². The molecule has 0 N–H and O–H groups in total. The predicted molar refractivity (Wildman–Crippen MR) is 63.1 cm³/mol. The zero-order valence-corrected chi connectivity index (χ0v) is 9.86. The standard InChI is InChI=1S/C13H18O3/c1-3-16-10-6-8-12(14)11-7-4-5-9-13(11)15-2/h4-5,7,9H,3,6,8,10H2,1-2H3. The van der Waals surface area contributed by atoms with Crippen molar-refractivity contribution < 1.29 is 14.3 Å². The molecule has 16 heavy (non-hydrogen) atoms. The molecule has 0 bridgehead atoms. The summed E-state index contributed by atoms with van der Waals surface area (Å²) >= 11 is 0. The first-order chi connectivity index (χ1) is 7.79. The van der Waals surface area contributed by atoms with Gasteiger partial charge in [0.15, 0.2) is 5.78 Å². The summed E-state index contributed by atoms with van der Waals surface area (Å²) in [4.78, 5) is 11.9. The van der Waals surface area contributed by atoms with Crippen LogP contribution in [0.3, 0.4) is 0 Å². The molecule has 1 rings (SSSR count). The fourth-order valence-corrected chi connectivity index (χ4v) is 1.49. The lowest BCUT2D eigenvalue weighted by Crippen LogP contribution is -2.04. The molecule has 1 aromatic carbocycles. The predicted octanol–water partition coefficient (Wildman–Crippen LogP) is 2.69. The van der Waals surface area contributed by atoms with E-state index in [-0.39, 0.29) is 5.78 Å². The number of benzene rings is 1. The van der Waals surface area contributed by atoms with Gasteiger partial charge < -0.3 is 9.47 Å². The highest BCUT2D eigenvalue weighted by atomic mass is 16.5. The minimum atomic E-state index is 0.108. The van der Waals surface area contributed by atoms with Crippen LogP contribution >= 0.6 is 0 Å². The molecule has 0 spiro atoms. The first-order valence-electron chi connectivity index (χ1n) is 5.53. The van der Waals surface area contributed by atoms with Gasteiger partial charge >= 0.3 is 0 Å². The van der Waals surface area contributed by atoms with Crippen molar-refractivity contribution in [2.45, 2.75) is 19.8 Å². The molecule has 3 heteroatoms. The van der Waals surface area contributed by atoms with Gasteiger partial charge in [-0.2, -0.15) is 0 Å². The van der Waals surface area contributed by atoms with Crippen LogP contribution in [0.15, 0.2) is 24.3 Å². The van der Waals surface area contributed by atoms with Crippen LogP contribution in [0.1, 0.15) is 30.1 Å². The lowest BCUT2D eigenvalue weighted by Gasteiger charge is -2.06. The molecule has 0 aliphatic carbocycles. The Balaban J connectivity index is 2.52. The third-order valence-corrected chi connectivity index (χ3v) is 2.30. The second kappa shape index (κ2) is 7.01. The second-order valence-electron chi connectivity index (χ2n) is 3.42. The van der Waals surface area contributed by atoms with Crippen LogP contribution in [-0.4, -0.2) is 26.1 Å². The zero-order valence-electron chi connectivity index (χ0n) is 9.86. The minimum Gasteiger partial charge on any atom is -0.496 e. The molecule has 0 heterocycles. The molecule has 0 aromatic heterocycles. The SMILES string of the molecule is CCOCCCC(=O)c1ccccc1OC. The van der Waals surface area contributed by atoms with Crippen LogP contribution in [0, 0.1) is 0 Å². The minimum absolute atomic E-state index is 0.108. The molecule has 0 amide bonds. The Kier molecular flexibility index (Phi) is 5.57. The Morgan fingerprint density at radius 1 is 1.31 bits per heavy atom. The van der Waals surface area contributed by atoms with Crippen LogP contribution in [0.25, 0.3) is 0 Å². The molecule has 0 aliphatic rings. The topological polar surface area (TPSA) is 35.5 Å². The number of methoxy groups -OCH3 is 1. The van der Waals surface area contributed by atoms with Crippen molar-refractivity contribution in [1.82, 2.24) is 0 Å². The van der Waals surface area contributed by atoms with Crippen LogP contribution in [0.2, 0.25) is 0 Å². The van der Waals surface area contributed by atoms with E-state index in [1.807, 2.05) is 19.1 Å². The molecule has 0 radical (unpaired) electrons. The largest absolute Gasteiger partial charge is 0.496 e. The van der Waals surface area contributed by atoms with Gasteiger partial charge in [-0.3, -0.25) is 4.79 Å². The molecular weight excluding hydrogens is 204 g/mol. The number of ether oxygens (including phenoxy) is 2. The average molecular weight is 222 g/mol. The van der Waals surface area contributed by atoms with Crippen molar-refractivity contribution in [3.8, 4) is 5.75 Å². The summed E-state index contributed by atoms with van der Waals surface area (Å²) in [5, 5.41) is 0. The lowest BCUT2D eigenvalue weighted by atomic mass is 10.1. The maximum atomic E-state index is 11.9. The van der Waals surface area contributed by atoms with E-state index in [1.165, 1.54) is 0 Å². The van der Waals surface area contributed by atoms with Crippen molar-refractivity contribution in [3.63, 3.8) is 0 Å². The highest BCUT2D eigenvalue weighted by Gasteiger charge is 2.10. The Morgan fingerprint density at radius 2 is 2.06 bits per heavy atom. The highest BCUT2D eigenvalue weighted by Crippen LogP contribution is 2.19. The summed E-state index contributed by atoms with van der Waals surface area (Å²) in [6.07, 6.45) is 1.26. The molecule has 0 atom stereocenters. The van der Waals surface area contributed by atoms with E-state index in [1.54, 1.807) is 19.2 Å². The first-order valence-corrected chi connectivity index (χ1v) is 5.53. The van der Waals surface area contributed by atoms with Gasteiger partial charge in [-0.15, -0.1) is 0 Å². The van der Waals surface area contributed by atoms with Gasteiger partial charge in [-0.25, -0.2) is 0 Å². The smallest absolute Gasteiger partial charge is 0.166 e. The van der Waals surface area contributed by atoms with E-state index < -0.39 is 0 Å². The number of hydrogen-bond donors (Lipinski definition) is 0. The first kappa shape index (κ1) is 12.7. The summed E-state index contributed by atoms with van der Waals surface area (Å²) in [5.74, 6) is 0.751. The number of ketones is 1. The van der Waals surface area contributed by atoms with Crippen LogP contribution in [-0.2, 0) is 4.74 Å². The maximum Gasteiger partial charge on any atom is 0.166 e. The molecule has 0 aliphatic heterocycles. The van der Waals surface area contributed by atoms with Crippen LogP contribution in [0.4, 0.5) is 0 Å². The molecule has 0 saturated heterocycles. The molecule has 1 aromatic rings. The third kappa shape index (κ3) is 3.66. The van der Waals surface area contributed by atoms with Crippen molar-refractivity contribution in [2.75, 3.05) is 20.3 Å². The molecular formula is C13H18O3. The van der Waals surface area contributed by atoms with E-state index >= 15 is 0 Å². The summed E-state index contributed by atoms with van der Waals surface area (Å²) in [7, 11) is 1.58. The fraction of sp³-hybridized carbons (Fsp3) is 0.462. The van der Waals surface area contributed by atoms with Gasteiger partial charge in [-0.1, -0.05) is 12.1 Å². The number of Topliss-reactive ketones (excluding diaryl/α,β-unsaturated/α-hetero) is 1. The van der Waals surface area contributed by atoms with Gasteiger partial charge in [0.2, 0.25) is 0 Å². The Bertz CT molecular complexity index is 334. The average Bonchev–Trinajstić information content (AvgIpc) is 2.34. The quantitative estimate of drug-likeness (QED) is 0.525. The molecule has 0 fully saturated rings. The van der Waals surface area contributed by atoms with Crippen molar-refractivity contribution >= 4 is 5.78 Å². The van der Waals surface area contributed by atoms with Crippen LogP contribution < -0.4 is 4.74 Å². The summed E-state index contributed by atoms with van der Waals surface area (Å²) in [6.45, 7) is 3.28. The van der Waals surface area contributed by atoms with Gasteiger partial charge in [-0.05, 0) is 25.5 Å². The number of carbonyl (C=O) groups excluding carboxylic acids is 1. The van der Waals surface area contributed by atoms with Crippen LogP contribution in [0.5, 0.6) is 5.75 Å². The highest BCUT2D eigenvalue weighted by molar-refractivity contribution is 5.98. The van der Waals surface area contributed by atoms with E-state index in [0.717, 1.165) is 6.42 Å². The van der Waals surface area contributed by atoms with Gasteiger partial charge in [0.1, 0.15) is 5.75 Å². The zero-order chi connectivity index (χ0) is 11.8. The number of para-hydroxylation sites is 1. The van der Waals surface area contributed by atoms with E-state index in [4.69, 9.17) is 9.47 Å². The molecule has 3 nitrogen and oxygen atoms in total. The van der Waals surface area contributed by atoms with Crippen molar-refractivity contribution in [3.05, 3.63) is 29.8 Å². The van der Waals surface area contributed by atoms with Gasteiger partial charge in [0, 0.05) is 19.6 Å². The van der Waals surface area contributed by atoms with Crippen molar-refractivity contribution in [2.24, 2.45) is 0 Å². The Labute approximate surface area is 96.4 Å². The fourth-order valence-electron chi connectivity index (χ4n) is 1.49. The van der Waals surface area contributed by atoms with Crippen molar-refractivity contribution in [1.29, 1.82) is 0 Å². The molecule has 88 valence electrons. The summed E-state index contributed by atoms with van der Waals surface area (Å²) in [6, 6.07) is 7.30.